The highest BCUT2D eigenvalue weighted by Crippen LogP contribution is 2.23. The van der Waals surface area contributed by atoms with E-state index in [1.807, 2.05) is 31.2 Å². The van der Waals surface area contributed by atoms with Crippen molar-refractivity contribution in [2.45, 2.75) is 25.9 Å². The SMILES string of the molecule is CCCC([O])c1ccccc1I. The zero-order valence-electron chi connectivity index (χ0n) is 7.09. The Bertz CT molecular complexity index is 247. The van der Waals surface area contributed by atoms with Crippen molar-refractivity contribution in [1.82, 2.24) is 0 Å². The van der Waals surface area contributed by atoms with Gasteiger partial charge in [0.1, 0.15) is 6.10 Å². The summed E-state index contributed by atoms with van der Waals surface area (Å²) in [5.41, 5.74) is 0.944. The fraction of sp³-hybridized carbons (Fsp3) is 0.400. The summed E-state index contributed by atoms with van der Waals surface area (Å²) in [5, 5.41) is 11.5. The molecule has 1 atom stereocenters. The fourth-order valence-corrected chi connectivity index (χ4v) is 1.89. The quantitative estimate of drug-likeness (QED) is 0.752. The Morgan fingerprint density at radius 3 is 2.67 bits per heavy atom. The number of benzene rings is 1. The Labute approximate surface area is 86.9 Å². The van der Waals surface area contributed by atoms with E-state index in [9.17, 15) is 5.11 Å². The Hall–Kier alpha value is -0.0900. The number of hydrogen-bond donors (Lipinski definition) is 0. The molecule has 1 rings (SSSR count). The maximum absolute atomic E-state index is 11.5. The summed E-state index contributed by atoms with van der Waals surface area (Å²) in [6.45, 7) is 2.04. The average molecular weight is 275 g/mol. The Kier molecular flexibility index (Phi) is 4.01. The molecule has 0 spiro atoms. The van der Waals surface area contributed by atoms with Gasteiger partial charge in [0.2, 0.25) is 0 Å². The molecule has 0 heterocycles. The molecule has 1 aromatic carbocycles. The van der Waals surface area contributed by atoms with Gasteiger partial charge in [0.05, 0.1) is 0 Å². The summed E-state index contributed by atoms with van der Waals surface area (Å²) in [6, 6.07) is 7.80. The molecule has 1 aromatic rings. The van der Waals surface area contributed by atoms with Gasteiger partial charge in [-0.25, -0.2) is 5.11 Å². The van der Waals surface area contributed by atoms with Crippen LogP contribution in [0.1, 0.15) is 31.4 Å². The molecule has 1 radical (unpaired) electrons. The molecule has 65 valence electrons. The molecule has 0 N–H and O–H groups in total. The molecule has 0 saturated heterocycles. The highest BCUT2D eigenvalue weighted by molar-refractivity contribution is 14.1. The number of halogens is 1. The van der Waals surface area contributed by atoms with Gasteiger partial charge < -0.3 is 0 Å². The van der Waals surface area contributed by atoms with Crippen molar-refractivity contribution in [3.05, 3.63) is 33.4 Å². The lowest BCUT2D eigenvalue weighted by atomic mass is 10.1. The third-order valence-electron chi connectivity index (χ3n) is 1.80. The lowest BCUT2D eigenvalue weighted by Gasteiger charge is -2.08. The zero-order chi connectivity index (χ0) is 8.97. The summed E-state index contributed by atoms with van der Waals surface area (Å²) in [7, 11) is 0. The van der Waals surface area contributed by atoms with Crippen molar-refractivity contribution in [2.75, 3.05) is 0 Å². The van der Waals surface area contributed by atoms with E-state index in [0.29, 0.717) is 0 Å². The Balaban J connectivity index is 2.79. The van der Waals surface area contributed by atoms with Gasteiger partial charge in [0.25, 0.3) is 0 Å². The average Bonchev–Trinajstić information content (AvgIpc) is 2.05. The zero-order valence-corrected chi connectivity index (χ0v) is 9.24. The van der Waals surface area contributed by atoms with Crippen molar-refractivity contribution in [1.29, 1.82) is 0 Å². The maximum atomic E-state index is 11.5. The fourth-order valence-electron chi connectivity index (χ4n) is 1.15. The van der Waals surface area contributed by atoms with E-state index in [2.05, 4.69) is 22.6 Å². The lowest BCUT2D eigenvalue weighted by molar-refractivity contribution is 0.0798. The van der Waals surface area contributed by atoms with Crippen LogP contribution in [-0.2, 0) is 5.11 Å². The summed E-state index contributed by atoms with van der Waals surface area (Å²) in [6.07, 6.45) is 1.15. The van der Waals surface area contributed by atoms with Gasteiger partial charge in [0.15, 0.2) is 0 Å². The minimum absolute atomic E-state index is 0.539. The molecule has 0 saturated carbocycles. The van der Waals surface area contributed by atoms with Crippen LogP contribution in [0.2, 0.25) is 0 Å². The molecule has 0 aliphatic carbocycles. The van der Waals surface area contributed by atoms with Crippen LogP contribution in [0.3, 0.4) is 0 Å². The van der Waals surface area contributed by atoms with E-state index in [4.69, 9.17) is 0 Å². The highest BCUT2D eigenvalue weighted by atomic mass is 127. The van der Waals surface area contributed by atoms with Crippen molar-refractivity contribution in [2.24, 2.45) is 0 Å². The van der Waals surface area contributed by atoms with Crippen LogP contribution in [-0.4, -0.2) is 0 Å². The van der Waals surface area contributed by atoms with Crippen LogP contribution in [0.5, 0.6) is 0 Å². The Morgan fingerprint density at radius 2 is 2.08 bits per heavy atom. The van der Waals surface area contributed by atoms with Gasteiger partial charge in [-0.3, -0.25) is 0 Å². The van der Waals surface area contributed by atoms with Crippen LogP contribution in [0.25, 0.3) is 0 Å². The van der Waals surface area contributed by atoms with Crippen molar-refractivity contribution < 1.29 is 5.11 Å². The first-order valence-corrected chi connectivity index (χ1v) is 5.23. The second kappa shape index (κ2) is 4.82. The van der Waals surface area contributed by atoms with Crippen molar-refractivity contribution in [3.8, 4) is 0 Å². The predicted molar refractivity (Wildman–Crippen MR) is 57.5 cm³/mol. The van der Waals surface area contributed by atoms with Crippen molar-refractivity contribution >= 4 is 22.6 Å². The largest absolute Gasteiger partial charge is 0.228 e. The van der Waals surface area contributed by atoms with E-state index in [0.717, 1.165) is 22.0 Å². The molecule has 0 aromatic heterocycles. The maximum Gasteiger partial charge on any atom is 0.119 e. The minimum Gasteiger partial charge on any atom is -0.228 e. The first kappa shape index (κ1) is 9.99. The van der Waals surface area contributed by atoms with Gasteiger partial charge in [0, 0.05) is 3.57 Å². The van der Waals surface area contributed by atoms with Gasteiger partial charge in [-0.2, -0.15) is 0 Å². The van der Waals surface area contributed by atoms with E-state index in [1.165, 1.54) is 0 Å². The third-order valence-corrected chi connectivity index (χ3v) is 2.79. The Morgan fingerprint density at radius 1 is 1.42 bits per heavy atom. The summed E-state index contributed by atoms with van der Waals surface area (Å²) >= 11 is 2.22. The monoisotopic (exact) mass is 275 g/mol. The molecular weight excluding hydrogens is 263 g/mol. The highest BCUT2D eigenvalue weighted by Gasteiger charge is 2.10. The predicted octanol–water partition coefficient (Wildman–Crippen LogP) is 3.56. The van der Waals surface area contributed by atoms with E-state index >= 15 is 0 Å². The van der Waals surface area contributed by atoms with E-state index in [-0.39, 0.29) is 0 Å². The summed E-state index contributed by atoms with van der Waals surface area (Å²) < 4.78 is 1.09. The summed E-state index contributed by atoms with van der Waals surface area (Å²) in [5.74, 6) is 0. The van der Waals surface area contributed by atoms with Crippen LogP contribution in [0.15, 0.2) is 24.3 Å². The van der Waals surface area contributed by atoms with Gasteiger partial charge >= 0.3 is 0 Å². The molecule has 1 unspecified atom stereocenters. The van der Waals surface area contributed by atoms with Gasteiger partial charge in [-0.15, -0.1) is 0 Å². The van der Waals surface area contributed by atoms with E-state index in [1.54, 1.807) is 0 Å². The van der Waals surface area contributed by atoms with Crippen LogP contribution in [0.4, 0.5) is 0 Å². The van der Waals surface area contributed by atoms with E-state index < -0.39 is 6.10 Å². The smallest absolute Gasteiger partial charge is 0.119 e. The molecule has 0 bridgehead atoms. The second-order valence-corrected chi connectivity index (χ2v) is 3.96. The first-order chi connectivity index (χ1) is 5.75. The summed E-state index contributed by atoms with van der Waals surface area (Å²) in [4.78, 5) is 0. The molecule has 0 aliphatic heterocycles. The molecule has 12 heavy (non-hydrogen) atoms. The second-order valence-electron chi connectivity index (χ2n) is 2.80. The third kappa shape index (κ3) is 2.45. The van der Waals surface area contributed by atoms with Gasteiger partial charge in [-0.05, 0) is 40.6 Å². The van der Waals surface area contributed by atoms with Crippen LogP contribution < -0.4 is 0 Å². The minimum atomic E-state index is -0.539. The van der Waals surface area contributed by atoms with Gasteiger partial charge in [-0.1, -0.05) is 31.5 Å². The standard InChI is InChI=1S/C10H12IO/c1-2-5-10(12)8-6-3-4-7-9(8)11/h3-4,6-7,10H,2,5H2,1H3. The molecule has 1 nitrogen and oxygen atoms in total. The molecular formula is C10H12IO. The number of rotatable bonds is 3. The molecule has 0 fully saturated rings. The first-order valence-electron chi connectivity index (χ1n) is 4.16. The van der Waals surface area contributed by atoms with Crippen molar-refractivity contribution in [3.63, 3.8) is 0 Å². The number of hydrogen-bond acceptors (Lipinski definition) is 0. The lowest BCUT2D eigenvalue weighted by Crippen LogP contribution is -1.97. The molecule has 0 amide bonds. The topological polar surface area (TPSA) is 19.9 Å². The normalized spacial score (nSPS) is 12.9. The van der Waals surface area contributed by atoms with Crippen LogP contribution in [0, 0.1) is 3.57 Å². The molecule has 2 heteroatoms. The van der Waals surface area contributed by atoms with Crippen LogP contribution >= 0.6 is 22.6 Å². The molecule has 0 aliphatic rings.